The number of likely N-dealkylation sites (tertiary alicyclic amines) is 1. The second kappa shape index (κ2) is 7.30. The molecule has 2 aliphatic rings. The summed E-state index contributed by atoms with van der Waals surface area (Å²) in [7, 11) is 0. The van der Waals surface area contributed by atoms with Gasteiger partial charge in [0, 0.05) is 18.8 Å². The first-order valence-electron chi connectivity index (χ1n) is 8.38. The summed E-state index contributed by atoms with van der Waals surface area (Å²) in [6.07, 6.45) is 2.52. The Morgan fingerprint density at radius 1 is 1.44 bits per heavy atom. The van der Waals surface area contributed by atoms with Crippen molar-refractivity contribution in [3.8, 4) is 0 Å². The number of anilines is 1. The summed E-state index contributed by atoms with van der Waals surface area (Å²) in [6, 6.07) is 3.83. The molecular weight excluding hydrogens is 347 g/mol. The van der Waals surface area contributed by atoms with Crippen LogP contribution in [0.4, 0.5) is 10.1 Å². The largest absolute Gasteiger partial charge is 0.481 e. The number of hydrogen-bond donors (Lipinski definition) is 2. The van der Waals surface area contributed by atoms with Crippen LogP contribution in [0.2, 0.25) is 0 Å². The van der Waals surface area contributed by atoms with E-state index in [9.17, 15) is 19.1 Å². The van der Waals surface area contributed by atoms with Crippen LogP contribution in [0.15, 0.2) is 18.2 Å². The Morgan fingerprint density at radius 3 is 2.80 bits per heavy atom. The number of carbonyl (C=O) groups is 2. The van der Waals surface area contributed by atoms with Crippen LogP contribution in [0, 0.1) is 24.1 Å². The summed E-state index contributed by atoms with van der Waals surface area (Å²) < 4.78 is 13.4. The average Bonchev–Trinajstić information content (AvgIpc) is 3.08. The predicted octanol–water partition coefficient (Wildman–Crippen LogP) is 3.07. The van der Waals surface area contributed by atoms with Gasteiger partial charge in [0.1, 0.15) is 5.82 Å². The summed E-state index contributed by atoms with van der Waals surface area (Å²) >= 11 is 0. The van der Waals surface area contributed by atoms with Gasteiger partial charge in [-0.3, -0.25) is 14.5 Å². The van der Waals surface area contributed by atoms with E-state index in [1.54, 1.807) is 19.9 Å². The highest BCUT2D eigenvalue weighted by molar-refractivity contribution is 5.95. The van der Waals surface area contributed by atoms with Crippen molar-refractivity contribution >= 4 is 30.0 Å². The number of hydrogen-bond acceptors (Lipinski definition) is 3. The number of nitrogens with zero attached hydrogens (tertiary/aromatic N) is 1. The molecule has 25 heavy (non-hydrogen) atoms. The van der Waals surface area contributed by atoms with E-state index >= 15 is 0 Å². The molecule has 0 radical (unpaired) electrons. The SMILES string of the molecule is Cc1ccc(F)cc1NC(=O)C(C)N1C[C@@H]2CCC[C@@]2(C(=O)O)C1.Cl. The van der Waals surface area contributed by atoms with Crippen LogP contribution in [0.1, 0.15) is 31.7 Å². The zero-order chi connectivity index (χ0) is 17.5. The second-order valence-corrected chi connectivity index (χ2v) is 7.10. The lowest BCUT2D eigenvalue weighted by Gasteiger charge is -2.26. The molecule has 1 heterocycles. The predicted molar refractivity (Wildman–Crippen MR) is 95.5 cm³/mol. The molecule has 1 aromatic rings. The summed E-state index contributed by atoms with van der Waals surface area (Å²) in [5.74, 6) is -1.27. The fraction of sp³-hybridized carbons (Fsp3) is 0.556. The zero-order valence-electron chi connectivity index (χ0n) is 14.4. The monoisotopic (exact) mass is 370 g/mol. The molecule has 2 N–H and O–H groups in total. The van der Waals surface area contributed by atoms with E-state index in [-0.39, 0.29) is 24.2 Å². The van der Waals surface area contributed by atoms with Gasteiger partial charge in [0.2, 0.25) is 5.91 Å². The maximum atomic E-state index is 13.4. The van der Waals surface area contributed by atoms with Crippen molar-refractivity contribution in [1.82, 2.24) is 4.90 Å². The van der Waals surface area contributed by atoms with Gasteiger partial charge < -0.3 is 10.4 Å². The summed E-state index contributed by atoms with van der Waals surface area (Å²) in [5, 5.41) is 12.4. The maximum absolute atomic E-state index is 13.4. The third kappa shape index (κ3) is 3.51. The first-order chi connectivity index (χ1) is 11.3. The minimum Gasteiger partial charge on any atom is -0.481 e. The van der Waals surface area contributed by atoms with E-state index in [4.69, 9.17) is 0 Å². The Morgan fingerprint density at radius 2 is 2.16 bits per heavy atom. The molecule has 1 saturated carbocycles. The number of amides is 1. The number of aliphatic carboxylic acids is 1. The van der Waals surface area contributed by atoms with E-state index in [1.807, 2.05) is 4.90 Å². The van der Waals surface area contributed by atoms with Crippen molar-refractivity contribution in [2.24, 2.45) is 11.3 Å². The molecule has 2 fully saturated rings. The number of nitrogens with one attached hydrogen (secondary N) is 1. The number of carbonyl (C=O) groups excluding carboxylic acids is 1. The van der Waals surface area contributed by atoms with Gasteiger partial charge in [0.05, 0.1) is 11.5 Å². The van der Waals surface area contributed by atoms with E-state index < -0.39 is 23.2 Å². The third-order valence-corrected chi connectivity index (χ3v) is 5.71. The highest BCUT2D eigenvalue weighted by Gasteiger charge is 2.55. The Labute approximate surface area is 153 Å². The molecule has 3 rings (SSSR count). The topological polar surface area (TPSA) is 69.6 Å². The normalized spacial score (nSPS) is 26.6. The molecule has 1 amide bonds. The van der Waals surface area contributed by atoms with Crippen LogP contribution >= 0.6 is 12.4 Å². The molecular formula is C18H24ClFN2O3. The molecule has 5 nitrogen and oxygen atoms in total. The van der Waals surface area contributed by atoms with E-state index in [0.29, 0.717) is 25.2 Å². The lowest BCUT2D eigenvalue weighted by Crippen LogP contribution is -2.43. The highest BCUT2D eigenvalue weighted by Crippen LogP contribution is 2.49. The summed E-state index contributed by atoms with van der Waals surface area (Å²) in [6.45, 7) is 4.62. The number of carboxylic acids is 1. The van der Waals surface area contributed by atoms with Crippen molar-refractivity contribution in [2.75, 3.05) is 18.4 Å². The fourth-order valence-corrected chi connectivity index (χ4v) is 4.10. The Kier molecular flexibility index (Phi) is 5.74. The number of rotatable bonds is 4. The average molecular weight is 371 g/mol. The molecule has 1 aromatic carbocycles. The molecule has 1 aliphatic carbocycles. The number of halogens is 2. The van der Waals surface area contributed by atoms with E-state index in [0.717, 1.165) is 18.4 Å². The Hall–Kier alpha value is -1.66. The van der Waals surface area contributed by atoms with Gasteiger partial charge >= 0.3 is 5.97 Å². The van der Waals surface area contributed by atoms with Crippen LogP contribution in [0.25, 0.3) is 0 Å². The van der Waals surface area contributed by atoms with Crippen molar-refractivity contribution in [2.45, 2.75) is 39.2 Å². The molecule has 3 atom stereocenters. The zero-order valence-corrected chi connectivity index (χ0v) is 15.2. The molecule has 138 valence electrons. The molecule has 0 aromatic heterocycles. The lowest BCUT2D eigenvalue weighted by molar-refractivity contribution is -0.149. The van der Waals surface area contributed by atoms with Crippen molar-refractivity contribution < 1.29 is 19.1 Å². The molecule has 0 spiro atoms. The first-order valence-corrected chi connectivity index (χ1v) is 8.38. The van der Waals surface area contributed by atoms with Crippen LogP contribution < -0.4 is 5.32 Å². The quantitative estimate of drug-likeness (QED) is 0.854. The smallest absolute Gasteiger partial charge is 0.311 e. The van der Waals surface area contributed by atoms with Gasteiger partial charge in [0.15, 0.2) is 0 Å². The standard InChI is InChI=1S/C18H23FN2O3.ClH/c1-11-5-6-14(19)8-15(11)20-16(22)12(2)21-9-13-4-3-7-18(13,10-21)17(23)24;/h5-6,8,12-13H,3-4,7,9-10H2,1-2H3,(H,20,22)(H,23,24);1H/t12?,13-,18+;/m0./s1. The maximum Gasteiger partial charge on any atom is 0.311 e. The van der Waals surface area contributed by atoms with Crippen LogP contribution in [-0.4, -0.2) is 41.0 Å². The van der Waals surface area contributed by atoms with Crippen molar-refractivity contribution in [3.63, 3.8) is 0 Å². The lowest BCUT2D eigenvalue weighted by atomic mass is 9.81. The van der Waals surface area contributed by atoms with Gasteiger partial charge in [-0.2, -0.15) is 0 Å². The van der Waals surface area contributed by atoms with E-state index in [2.05, 4.69) is 5.32 Å². The number of benzene rings is 1. The summed E-state index contributed by atoms with van der Waals surface area (Å²) in [4.78, 5) is 26.2. The fourth-order valence-electron chi connectivity index (χ4n) is 4.10. The minimum absolute atomic E-state index is 0. The molecule has 1 aliphatic heterocycles. The van der Waals surface area contributed by atoms with E-state index in [1.165, 1.54) is 12.1 Å². The molecule has 7 heteroatoms. The summed E-state index contributed by atoms with van der Waals surface area (Å²) in [5.41, 5.74) is 0.542. The third-order valence-electron chi connectivity index (χ3n) is 5.71. The minimum atomic E-state index is -0.749. The van der Waals surface area contributed by atoms with Gasteiger partial charge in [0.25, 0.3) is 0 Å². The van der Waals surface area contributed by atoms with Crippen molar-refractivity contribution in [3.05, 3.63) is 29.6 Å². The van der Waals surface area contributed by atoms with Crippen LogP contribution in [0.3, 0.4) is 0 Å². The molecule has 1 saturated heterocycles. The molecule has 1 unspecified atom stereocenters. The van der Waals surface area contributed by atoms with Crippen molar-refractivity contribution in [1.29, 1.82) is 0 Å². The Bertz CT molecular complexity index is 684. The number of fused-ring (bicyclic) bond motifs is 1. The number of aryl methyl sites for hydroxylation is 1. The van der Waals surface area contributed by atoms with Crippen LogP contribution in [-0.2, 0) is 9.59 Å². The first kappa shape index (κ1) is 19.7. The van der Waals surface area contributed by atoms with Crippen LogP contribution in [0.5, 0.6) is 0 Å². The Balaban J connectivity index is 0.00000225. The van der Waals surface area contributed by atoms with Gasteiger partial charge in [-0.15, -0.1) is 12.4 Å². The van der Waals surface area contributed by atoms with Gasteiger partial charge in [-0.25, -0.2) is 4.39 Å². The molecule has 0 bridgehead atoms. The van der Waals surface area contributed by atoms with Gasteiger partial charge in [-0.05, 0) is 50.3 Å². The highest BCUT2D eigenvalue weighted by atomic mass is 35.5. The number of carboxylic acid groups (broad SMARTS) is 1. The van der Waals surface area contributed by atoms with Gasteiger partial charge in [-0.1, -0.05) is 12.5 Å². The second-order valence-electron chi connectivity index (χ2n) is 7.10.